The third-order valence-electron chi connectivity index (χ3n) is 3.79. The number of carboxylic acids is 1. The summed E-state index contributed by atoms with van der Waals surface area (Å²) in [5.74, 6) is 0.517. The highest BCUT2D eigenvalue weighted by molar-refractivity contribution is 5.88. The predicted octanol–water partition coefficient (Wildman–Crippen LogP) is 2.50. The summed E-state index contributed by atoms with van der Waals surface area (Å²) in [4.78, 5) is 21.6. The summed E-state index contributed by atoms with van der Waals surface area (Å²) in [6, 6.07) is 0. The summed E-state index contributed by atoms with van der Waals surface area (Å²) in [5.41, 5.74) is 0.720. The largest absolute Gasteiger partial charge is 0.478 e. The summed E-state index contributed by atoms with van der Waals surface area (Å²) in [5, 5.41) is 8.97. The van der Waals surface area contributed by atoms with Gasteiger partial charge in [-0.2, -0.15) is 0 Å². The van der Waals surface area contributed by atoms with E-state index in [1.165, 1.54) is 31.9 Å². The summed E-state index contributed by atoms with van der Waals surface area (Å²) in [6.07, 6.45) is 6.31. The Kier molecular flexibility index (Phi) is 4.35. The van der Waals surface area contributed by atoms with Crippen molar-refractivity contribution in [3.8, 4) is 0 Å². The fourth-order valence-corrected chi connectivity index (χ4v) is 2.65. The number of aryl methyl sites for hydroxylation is 1. The molecule has 0 atom stereocenters. The Bertz CT molecular complexity index is 454. The molecule has 1 aromatic rings. The number of hydrogen-bond donors (Lipinski definition) is 1. The molecule has 2 heterocycles. The number of nitrogens with zero attached hydrogens (tertiary/aromatic N) is 3. The van der Waals surface area contributed by atoms with Crippen LogP contribution in [0.4, 0.5) is 5.95 Å². The smallest absolute Gasteiger partial charge is 0.339 e. The lowest BCUT2D eigenvalue weighted by Gasteiger charge is -2.32. The van der Waals surface area contributed by atoms with Gasteiger partial charge in [0.2, 0.25) is 5.95 Å². The summed E-state index contributed by atoms with van der Waals surface area (Å²) < 4.78 is 0. The van der Waals surface area contributed by atoms with Crippen molar-refractivity contribution in [2.24, 2.45) is 5.92 Å². The van der Waals surface area contributed by atoms with E-state index in [0.717, 1.165) is 19.0 Å². The molecule has 0 amide bonds. The molecule has 0 aliphatic carbocycles. The summed E-state index contributed by atoms with van der Waals surface area (Å²) in [6.45, 7) is 5.88. The maximum atomic E-state index is 10.9. The highest BCUT2D eigenvalue weighted by Gasteiger charge is 2.21. The Morgan fingerprint density at radius 1 is 1.47 bits per heavy atom. The molecule has 1 aromatic heterocycles. The van der Waals surface area contributed by atoms with Gasteiger partial charge >= 0.3 is 5.97 Å². The lowest BCUT2D eigenvalue weighted by molar-refractivity contribution is 0.0695. The topological polar surface area (TPSA) is 66.3 Å². The molecule has 1 fully saturated rings. The van der Waals surface area contributed by atoms with Crippen molar-refractivity contribution in [2.45, 2.75) is 39.5 Å². The number of piperidine rings is 1. The minimum absolute atomic E-state index is 0.185. The Morgan fingerprint density at radius 3 is 2.68 bits per heavy atom. The first-order valence-electron chi connectivity index (χ1n) is 6.93. The van der Waals surface area contributed by atoms with E-state index in [1.807, 2.05) is 0 Å². The number of rotatable bonds is 4. The van der Waals surface area contributed by atoms with Crippen molar-refractivity contribution in [3.63, 3.8) is 0 Å². The molecule has 0 radical (unpaired) electrons. The molecular weight excluding hydrogens is 242 g/mol. The van der Waals surface area contributed by atoms with Crippen LogP contribution in [0.2, 0.25) is 0 Å². The second kappa shape index (κ2) is 5.99. The van der Waals surface area contributed by atoms with E-state index < -0.39 is 5.97 Å². The van der Waals surface area contributed by atoms with Crippen molar-refractivity contribution in [1.82, 2.24) is 9.97 Å². The fourth-order valence-electron chi connectivity index (χ4n) is 2.65. The normalized spacial score (nSPS) is 16.6. The number of hydrogen-bond acceptors (Lipinski definition) is 4. The number of aromatic carboxylic acids is 1. The maximum absolute atomic E-state index is 10.9. The van der Waals surface area contributed by atoms with Crippen LogP contribution < -0.4 is 4.90 Å². The molecule has 104 valence electrons. The van der Waals surface area contributed by atoms with Gasteiger partial charge in [-0.1, -0.05) is 19.8 Å². The van der Waals surface area contributed by atoms with Crippen LogP contribution in [0.3, 0.4) is 0 Å². The van der Waals surface area contributed by atoms with Gasteiger partial charge in [-0.05, 0) is 25.7 Å². The minimum atomic E-state index is -0.967. The molecule has 0 spiro atoms. The molecule has 5 nitrogen and oxygen atoms in total. The molecular formula is C14H21N3O2. The van der Waals surface area contributed by atoms with Crippen molar-refractivity contribution in [1.29, 1.82) is 0 Å². The maximum Gasteiger partial charge on any atom is 0.339 e. The highest BCUT2D eigenvalue weighted by atomic mass is 16.4. The van der Waals surface area contributed by atoms with Gasteiger partial charge in [-0.3, -0.25) is 0 Å². The number of aromatic nitrogens is 2. The molecule has 19 heavy (non-hydrogen) atoms. The molecule has 1 N–H and O–H groups in total. The van der Waals surface area contributed by atoms with Gasteiger partial charge in [0.25, 0.3) is 0 Å². The van der Waals surface area contributed by atoms with E-state index in [9.17, 15) is 4.79 Å². The Balaban J connectivity index is 2.04. The third kappa shape index (κ3) is 3.22. The Labute approximate surface area is 113 Å². The van der Waals surface area contributed by atoms with E-state index in [2.05, 4.69) is 21.8 Å². The van der Waals surface area contributed by atoms with Gasteiger partial charge in [0.15, 0.2) is 0 Å². The van der Waals surface area contributed by atoms with E-state index in [1.54, 1.807) is 6.92 Å². The van der Waals surface area contributed by atoms with Crippen molar-refractivity contribution in [3.05, 3.63) is 17.5 Å². The van der Waals surface area contributed by atoms with Crippen molar-refractivity contribution >= 4 is 11.9 Å². The second-order valence-corrected chi connectivity index (χ2v) is 5.19. The summed E-state index contributed by atoms with van der Waals surface area (Å²) >= 11 is 0. The average molecular weight is 263 g/mol. The number of anilines is 1. The highest BCUT2D eigenvalue weighted by Crippen LogP contribution is 2.24. The standard InChI is InChI=1S/C14H21N3O2/c1-3-4-11-5-7-17(8-6-11)14-15-9-12(13(18)19)10(2)16-14/h9,11H,3-8H2,1-2H3,(H,18,19). The Morgan fingerprint density at radius 2 is 2.16 bits per heavy atom. The van der Waals surface area contributed by atoms with Crippen LogP contribution in [0.25, 0.3) is 0 Å². The van der Waals surface area contributed by atoms with E-state index in [-0.39, 0.29) is 5.56 Å². The quantitative estimate of drug-likeness (QED) is 0.904. The summed E-state index contributed by atoms with van der Waals surface area (Å²) in [7, 11) is 0. The number of carbonyl (C=O) groups is 1. The molecule has 2 rings (SSSR count). The first-order chi connectivity index (χ1) is 9.11. The van der Waals surface area contributed by atoms with E-state index in [4.69, 9.17) is 5.11 Å². The SMILES string of the molecule is CCCC1CCN(c2ncc(C(=O)O)c(C)n2)CC1. The zero-order valence-electron chi connectivity index (χ0n) is 11.6. The van der Waals surface area contributed by atoms with E-state index >= 15 is 0 Å². The van der Waals surface area contributed by atoms with Crippen LogP contribution in [0.15, 0.2) is 6.20 Å². The molecule has 1 aliphatic rings. The second-order valence-electron chi connectivity index (χ2n) is 5.19. The zero-order valence-corrected chi connectivity index (χ0v) is 11.6. The van der Waals surface area contributed by atoms with Gasteiger partial charge in [0.1, 0.15) is 0 Å². The monoisotopic (exact) mass is 263 g/mol. The third-order valence-corrected chi connectivity index (χ3v) is 3.79. The van der Waals surface area contributed by atoms with Gasteiger partial charge in [0, 0.05) is 19.3 Å². The van der Waals surface area contributed by atoms with Crippen LogP contribution >= 0.6 is 0 Å². The first kappa shape index (κ1) is 13.8. The molecule has 5 heteroatoms. The van der Waals surface area contributed by atoms with Crippen molar-refractivity contribution in [2.75, 3.05) is 18.0 Å². The van der Waals surface area contributed by atoms with Crippen LogP contribution in [0, 0.1) is 12.8 Å². The van der Waals surface area contributed by atoms with Crippen LogP contribution in [0.1, 0.15) is 48.7 Å². The molecule has 1 aliphatic heterocycles. The Hall–Kier alpha value is -1.65. The molecule has 0 aromatic carbocycles. The van der Waals surface area contributed by atoms with E-state index in [0.29, 0.717) is 11.6 Å². The minimum Gasteiger partial charge on any atom is -0.478 e. The molecule has 0 unspecified atom stereocenters. The van der Waals surface area contributed by atoms with Gasteiger partial charge < -0.3 is 10.0 Å². The van der Waals surface area contributed by atoms with Crippen LogP contribution in [-0.4, -0.2) is 34.1 Å². The average Bonchev–Trinajstić information content (AvgIpc) is 2.39. The van der Waals surface area contributed by atoms with Gasteiger partial charge in [-0.25, -0.2) is 14.8 Å². The molecule has 0 bridgehead atoms. The molecule has 1 saturated heterocycles. The molecule has 0 saturated carbocycles. The zero-order chi connectivity index (χ0) is 13.8. The predicted molar refractivity (Wildman–Crippen MR) is 73.6 cm³/mol. The lowest BCUT2D eigenvalue weighted by Crippen LogP contribution is -2.35. The van der Waals surface area contributed by atoms with Crippen LogP contribution in [0.5, 0.6) is 0 Å². The fraction of sp³-hybridized carbons (Fsp3) is 0.643. The van der Waals surface area contributed by atoms with Gasteiger partial charge in [-0.15, -0.1) is 0 Å². The number of carboxylic acid groups (broad SMARTS) is 1. The van der Waals surface area contributed by atoms with Crippen LogP contribution in [-0.2, 0) is 0 Å². The van der Waals surface area contributed by atoms with Gasteiger partial charge in [0.05, 0.1) is 11.3 Å². The lowest BCUT2D eigenvalue weighted by atomic mass is 9.93. The van der Waals surface area contributed by atoms with Crippen molar-refractivity contribution < 1.29 is 9.90 Å². The first-order valence-corrected chi connectivity index (χ1v) is 6.93.